The fraction of sp³-hybridized carbons (Fsp3) is 0.308. The second kappa shape index (κ2) is 4.26. The van der Waals surface area contributed by atoms with Gasteiger partial charge in [0.25, 0.3) is 0 Å². The standard InChI is InChI=1S/C13H16BNO/c1-9(2)11-6-10-7-12(14(3)16)4-5-13(10)15-8-11/h4-9,16H,1-3H3. The first-order valence-electron chi connectivity index (χ1n) is 5.65. The largest absolute Gasteiger partial charge is 0.447 e. The summed E-state index contributed by atoms with van der Waals surface area (Å²) in [4.78, 5) is 4.42. The molecule has 1 aromatic heterocycles. The van der Waals surface area contributed by atoms with Crippen molar-refractivity contribution < 1.29 is 5.02 Å². The highest BCUT2D eigenvalue weighted by molar-refractivity contribution is 6.65. The minimum absolute atomic E-state index is 0.424. The van der Waals surface area contributed by atoms with Crippen LogP contribution >= 0.6 is 0 Å². The van der Waals surface area contributed by atoms with Crippen LogP contribution in [0.3, 0.4) is 0 Å². The van der Waals surface area contributed by atoms with Crippen LogP contribution in [0, 0.1) is 0 Å². The highest BCUT2D eigenvalue weighted by Gasteiger charge is 2.08. The average Bonchev–Trinajstić information content (AvgIpc) is 2.27. The van der Waals surface area contributed by atoms with Crippen LogP contribution in [0.5, 0.6) is 0 Å². The molecule has 0 saturated carbocycles. The molecule has 0 amide bonds. The lowest BCUT2D eigenvalue weighted by Crippen LogP contribution is -2.25. The first kappa shape index (κ1) is 11.1. The molecule has 2 nitrogen and oxygen atoms in total. The highest BCUT2D eigenvalue weighted by Crippen LogP contribution is 2.18. The number of hydrogen-bond acceptors (Lipinski definition) is 2. The van der Waals surface area contributed by atoms with Crippen molar-refractivity contribution in [3.63, 3.8) is 0 Å². The Morgan fingerprint density at radius 2 is 2.00 bits per heavy atom. The Bertz CT molecular complexity index is 466. The molecule has 1 aromatic carbocycles. The van der Waals surface area contributed by atoms with Gasteiger partial charge in [0.15, 0.2) is 0 Å². The van der Waals surface area contributed by atoms with Crippen LogP contribution in [-0.2, 0) is 0 Å². The summed E-state index contributed by atoms with van der Waals surface area (Å²) in [6.07, 6.45) is 1.93. The molecular formula is C13H16BNO. The zero-order chi connectivity index (χ0) is 11.7. The third-order valence-corrected chi connectivity index (χ3v) is 2.88. The first-order valence-corrected chi connectivity index (χ1v) is 5.65. The molecule has 16 heavy (non-hydrogen) atoms. The maximum Gasteiger partial charge on any atom is 0.320 e. The lowest BCUT2D eigenvalue weighted by molar-refractivity contribution is 0.594. The van der Waals surface area contributed by atoms with Gasteiger partial charge in [-0.3, -0.25) is 4.98 Å². The smallest absolute Gasteiger partial charge is 0.320 e. The maximum atomic E-state index is 9.54. The number of benzene rings is 1. The van der Waals surface area contributed by atoms with Gasteiger partial charge >= 0.3 is 6.92 Å². The van der Waals surface area contributed by atoms with Crippen molar-refractivity contribution in [2.45, 2.75) is 26.6 Å². The van der Waals surface area contributed by atoms with Gasteiger partial charge < -0.3 is 5.02 Å². The van der Waals surface area contributed by atoms with Gasteiger partial charge in [-0.1, -0.05) is 32.8 Å². The van der Waals surface area contributed by atoms with E-state index in [2.05, 4.69) is 24.9 Å². The minimum Gasteiger partial charge on any atom is -0.447 e. The molecule has 1 N–H and O–H groups in total. The van der Waals surface area contributed by atoms with Gasteiger partial charge in [-0.2, -0.15) is 0 Å². The molecule has 0 radical (unpaired) electrons. The molecule has 3 heteroatoms. The van der Waals surface area contributed by atoms with Gasteiger partial charge in [-0.05, 0) is 34.5 Å². The summed E-state index contributed by atoms with van der Waals surface area (Å²) < 4.78 is 0. The Morgan fingerprint density at radius 3 is 2.62 bits per heavy atom. The van der Waals surface area contributed by atoms with Crippen molar-refractivity contribution in [1.82, 2.24) is 4.98 Å². The van der Waals surface area contributed by atoms with E-state index in [0.717, 1.165) is 16.4 Å². The Labute approximate surface area is 96.4 Å². The zero-order valence-corrected chi connectivity index (χ0v) is 9.94. The van der Waals surface area contributed by atoms with E-state index in [-0.39, 0.29) is 0 Å². The fourth-order valence-electron chi connectivity index (χ4n) is 1.74. The molecule has 0 aliphatic rings. The van der Waals surface area contributed by atoms with Crippen LogP contribution in [0.2, 0.25) is 6.82 Å². The second-order valence-electron chi connectivity index (χ2n) is 4.55. The predicted molar refractivity (Wildman–Crippen MR) is 69.3 cm³/mol. The summed E-state index contributed by atoms with van der Waals surface area (Å²) >= 11 is 0. The van der Waals surface area contributed by atoms with Gasteiger partial charge in [0, 0.05) is 6.20 Å². The van der Waals surface area contributed by atoms with E-state index >= 15 is 0 Å². The summed E-state index contributed by atoms with van der Waals surface area (Å²) in [7, 11) is 0. The number of pyridine rings is 1. The molecule has 0 fully saturated rings. The summed E-state index contributed by atoms with van der Waals surface area (Å²) in [6, 6.07) is 8.05. The molecule has 0 spiro atoms. The third-order valence-electron chi connectivity index (χ3n) is 2.88. The number of hydrogen-bond donors (Lipinski definition) is 1. The van der Waals surface area contributed by atoms with Gasteiger partial charge in [0.1, 0.15) is 0 Å². The number of nitrogens with zero attached hydrogens (tertiary/aromatic N) is 1. The molecule has 0 bridgehead atoms. The van der Waals surface area contributed by atoms with Crippen LogP contribution in [0.4, 0.5) is 0 Å². The third kappa shape index (κ3) is 2.09. The lowest BCUT2D eigenvalue weighted by Gasteiger charge is -2.07. The average molecular weight is 213 g/mol. The monoisotopic (exact) mass is 213 g/mol. The second-order valence-corrected chi connectivity index (χ2v) is 4.55. The number of rotatable bonds is 2. The number of fused-ring (bicyclic) bond motifs is 1. The molecule has 2 rings (SSSR count). The van der Waals surface area contributed by atoms with E-state index in [4.69, 9.17) is 0 Å². The van der Waals surface area contributed by atoms with Crippen LogP contribution in [-0.4, -0.2) is 16.9 Å². The quantitative estimate of drug-likeness (QED) is 0.775. The van der Waals surface area contributed by atoms with Crippen molar-refractivity contribution in [3.8, 4) is 0 Å². The van der Waals surface area contributed by atoms with Gasteiger partial charge in [0.2, 0.25) is 0 Å². The van der Waals surface area contributed by atoms with E-state index < -0.39 is 6.92 Å². The highest BCUT2D eigenvalue weighted by atomic mass is 16.2. The minimum atomic E-state index is -0.424. The van der Waals surface area contributed by atoms with E-state index in [1.807, 2.05) is 24.4 Å². The summed E-state index contributed by atoms with van der Waals surface area (Å²) in [5.41, 5.74) is 3.15. The van der Waals surface area contributed by atoms with E-state index in [0.29, 0.717) is 5.92 Å². The van der Waals surface area contributed by atoms with Gasteiger partial charge in [-0.25, -0.2) is 0 Å². The van der Waals surface area contributed by atoms with Crippen LogP contribution in [0.15, 0.2) is 30.5 Å². The zero-order valence-electron chi connectivity index (χ0n) is 9.94. The van der Waals surface area contributed by atoms with Crippen LogP contribution in [0.1, 0.15) is 25.3 Å². The molecule has 1 heterocycles. The van der Waals surface area contributed by atoms with E-state index in [9.17, 15) is 5.02 Å². The van der Waals surface area contributed by atoms with E-state index in [1.54, 1.807) is 6.82 Å². The predicted octanol–water partition coefficient (Wildman–Crippen LogP) is 2.18. The fourth-order valence-corrected chi connectivity index (χ4v) is 1.74. The molecule has 2 aromatic rings. The van der Waals surface area contributed by atoms with Crippen molar-refractivity contribution in [2.24, 2.45) is 0 Å². The topological polar surface area (TPSA) is 33.1 Å². The Hall–Kier alpha value is -1.35. The van der Waals surface area contributed by atoms with Crippen molar-refractivity contribution in [1.29, 1.82) is 0 Å². The van der Waals surface area contributed by atoms with E-state index in [1.165, 1.54) is 5.56 Å². The van der Waals surface area contributed by atoms with Gasteiger partial charge in [-0.15, -0.1) is 0 Å². The number of aromatic nitrogens is 1. The molecule has 0 unspecified atom stereocenters. The molecule has 0 aliphatic heterocycles. The van der Waals surface area contributed by atoms with Crippen molar-refractivity contribution >= 4 is 23.3 Å². The SMILES string of the molecule is CB(O)c1ccc2ncc(C(C)C)cc2c1. The normalized spacial score (nSPS) is 11.1. The first-order chi connectivity index (χ1) is 7.58. The molecule has 0 atom stereocenters. The Kier molecular flexibility index (Phi) is 2.97. The molecular weight excluding hydrogens is 197 g/mol. The lowest BCUT2D eigenvalue weighted by atomic mass is 9.64. The summed E-state index contributed by atoms with van der Waals surface area (Å²) in [6.45, 7) is 5.66. The molecule has 0 aliphatic carbocycles. The van der Waals surface area contributed by atoms with Crippen LogP contribution in [0.25, 0.3) is 10.9 Å². The summed E-state index contributed by atoms with van der Waals surface area (Å²) in [5, 5.41) is 10.6. The molecule has 82 valence electrons. The maximum absolute atomic E-state index is 9.54. The Morgan fingerprint density at radius 1 is 1.25 bits per heavy atom. The summed E-state index contributed by atoms with van der Waals surface area (Å²) in [5.74, 6) is 0.479. The Balaban J connectivity index is 2.56. The van der Waals surface area contributed by atoms with Crippen LogP contribution < -0.4 is 5.46 Å². The van der Waals surface area contributed by atoms with Crippen molar-refractivity contribution in [3.05, 3.63) is 36.0 Å². The van der Waals surface area contributed by atoms with Crippen molar-refractivity contribution in [2.75, 3.05) is 0 Å². The van der Waals surface area contributed by atoms with Gasteiger partial charge in [0.05, 0.1) is 5.52 Å². The molecule has 0 saturated heterocycles.